The van der Waals surface area contributed by atoms with Crippen LogP contribution in [0.3, 0.4) is 0 Å². The van der Waals surface area contributed by atoms with E-state index in [1.807, 2.05) is 43.3 Å². The molecule has 0 saturated heterocycles. The van der Waals surface area contributed by atoms with Gasteiger partial charge in [-0.1, -0.05) is 17.7 Å². The van der Waals surface area contributed by atoms with Crippen molar-refractivity contribution in [2.45, 2.75) is 6.92 Å². The molecule has 0 fully saturated rings. The molecule has 6 nitrogen and oxygen atoms in total. The monoisotopic (exact) mass is 317 g/mol. The SMILES string of the molecule is Cc1ccc(NC(=O)c2c[nH]c(-c3n[nH]c4ncccc34)c2)cc1. The molecule has 0 saturated carbocycles. The summed E-state index contributed by atoms with van der Waals surface area (Å²) in [5, 5.41) is 11.0. The molecule has 0 spiro atoms. The predicted octanol–water partition coefficient (Wildman–Crippen LogP) is 3.51. The number of pyridine rings is 1. The summed E-state index contributed by atoms with van der Waals surface area (Å²) in [5.74, 6) is -0.167. The lowest BCUT2D eigenvalue weighted by atomic mass is 10.2. The van der Waals surface area contributed by atoms with Gasteiger partial charge in [0.1, 0.15) is 5.69 Å². The molecular formula is C18H15N5O. The van der Waals surface area contributed by atoms with Gasteiger partial charge in [-0.15, -0.1) is 0 Å². The minimum atomic E-state index is -0.167. The molecule has 0 radical (unpaired) electrons. The Morgan fingerprint density at radius 1 is 1.17 bits per heavy atom. The number of benzene rings is 1. The third-order valence-electron chi connectivity index (χ3n) is 3.85. The van der Waals surface area contributed by atoms with Gasteiger partial charge in [0.05, 0.1) is 11.3 Å². The van der Waals surface area contributed by atoms with Gasteiger partial charge < -0.3 is 10.3 Å². The topological polar surface area (TPSA) is 86.5 Å². The van der Waals surface area contributed by atoms with E-state index in [1.54, 1.807) is 18.5 Å². The van der Waals surface area contributed by atoms with Gasteiger partial charge in [0.25, 0.3) is 5.91 Å². The maximum absolute atomic E-state index is 12.4. The first-order valence-electron chi connectivity index (χ1n) is 7.56. The van der Waals surface area contributed by atoms with Crippen molar-refractivity contribution in [3.05, 3.63) is 66.0 Å². The molecule has 3 N–H and O–H groups in total. The second-order valence-electron chi connectivity index (χ2n) is 5.59. The molecule has 0 unspecified atom stereocenters. The zero-order valence-electron chi connectivity index (χ0n) is 13.0. The molecule has 3 aromatic heterocycles. The zero-order chi connectivity index (χ0) is 16.5. The molecule has 4 rings (SSSR count). The number of hydrogen-bond acceptors (Lipinski definition) is 3. The first-order valence-corrected chi connectivity index (χ1v) is 7.56. The molecule has 1 aromatic carbocycles. The molecular weight excluding hydrogens is 302 g/mol. The molecule has 0 atom stereocenters. The van der Waals surface area contributed by atoms with Gasteiger partial charge >= 0.3 is 0 Å². The van der Waals surface area contributed by atoms with Gasteiger partial charge in [0, 0.05) is 23.5 Å². The van der Waals surface area contributed by atoms with Crippen molar-refractivity contribution >= 4 is 22.6 Å². The summed E-state index contributed by atoms with van der Waals surface area (Å²) in [6.07, 6.45) is 3.38. The lowest BCUT2D eigenvalue weighted by molar-refractivity contribution is 0.102. The van der Waals surface area contributed by atoms with Crippen LogP contribution in [-0.2, 0) is 0 Å². The molecule has 118 valence electrons. The van der Waals surface area contributed by atoms with E-state index in [4.69, 9.17) is 0 Å². The van der Waals surface area contributed by atoms with Crippen molar-refractivity contribution < 1.29 is 4.79 Å². The Bertz CT molecular complexity index is 1010. The number of nitrogens with zero attached hydrogens (tertiary/aromatic N) is 2. The number of carbonyl (C=O) groups is 1. The molecule has 1 amide bonds. The number of aryl methyl sites for hydroxylation is 1. The fourth-order valence-electron chi connectivity index (χ4n) is 2.56. The van der Waals surface area contributed by atoms with Crippen LogP contribution in [0.15, 0.2) is 54.9 Å². The molecule has 4 aromatic rings. The van der Waals surface area contributed by atoms with Crippen molar-refractivity contribution in [1.82, 2.24) is 20.2 Å². The highest BCUT2D eigenvalue weighted by molar-refractivity contribution is 6.05. The van der Waals surface area contributed by atoms with Crippen molar-refractivity contribution in [1.29, 1.82) is 0 Å². The van der Waals surface area contributed by atoms with Gasteiger partial charge in [-0.2, -0.15) is 5.10 Å². The minimum Gasteiger partial charge on any atom is -0.359 e. The average Bonchev–Trinajstić information content (AvgIpc) is 3.23. The Balaban J connectivity index is 1.60. The molecule has 24 heavy (non-hydrogen) atoms. The van der Waals surface area contributed by atoms with E-state index in [1.165, 1.54) is 0 Å². The Morgan fingerprint density at radius 3 is 2.83 bits per heavy atom. The highest BCUT2D eigenvalue weighted by atomic mass is 16.1. The number of aromatic nitrogens is 4. The fraction of sp³-hybridized carbons (Fsp3) is 0.0556. The van der Waals surface area contributed by atoms with Crippen LogP contribution in [0.4, 0.5) is 5.69 Å². The summed E-state index contributed by atoms with van der Waals surface area (Å²) >= 11 is 0. The highest BCUT2D eigenvalue weighted by Crippen LogP contribution is 2.24. The Kier molecular flexibility index (Phi) is 3.35. The van der Waals surface area contributed by atoms with E-state index >= 15 is 0 Å². The maximum atomic E-state index is 12.4. The number of hydrogen-bond donors (Lipinski definition) is 3. The molecule has 0 aliphatic rings. The number of nitrogens with one attached hydrogen (secondary N) is 3. The lowest BCUT2D eigenvalue weighted by Crippen LogP contribution is -2.10. The summed E-state index contributed by atoms with van der Waals surface area (Å²) in [4.78, 5) is 19.7. The van der Waals surface area contributed by atoms with Gasteiger partial charge in [0.2, 0.25) is 0 Å². The van der Waals surface area contributed by atoms with Crippen LogP contribution in [0, 0.1) is 6.92 Å². The Hall–Kier alpha value is -3.41. The van der Waals surface area contributed by atoms with E-state index < -0.39 is 0 Å². The van der Waals surface area contributed by atoms with E-state index in [0.717, 1.165) is 28.0 Å². The predicted molar refractivity (Wildman–Crippen MR) is 92.8 cm³/mol. The van der Waals surface area contributed by atoms with Crippen LogP contribution >= 0.6 is 0 Å². The normalized spacial score (nSPS) is 10.9. The number of anilines is 1. The van der Waals surface area contributed by atoms with E-state index in [2.05, 4.69) is 25.5 Å². The highest BCUT2D eigenvalue weighted by Gasteiger charge is 2.14. The molecule has 0 bridgehead atoms. The molecule has 3 heterocycles. The van der Waals surface area contributed by atoms with Crippen molar-refractivity contribution in [2.75, 3.05) is 5.32 Å². The molecule has 0 aliphatic heterocycles. The quantitative estimate of drug-likeness (QED) is 0.540. The Labute approximate surface area is 137 Å². The van der Waals surface area contributed by atoms with Crippen LogP contribution in [0.2, 0.25) is 0 Å². The van der Waals surface area contributed by atoms with Crippen LogP contribution in [0.1, 0.15) is 15.9 Å². The van der Waals surface area contributed by atoms with Crippen LogP contribution in [0.25, 0.3) is 22.4 Å². The van der Waals surface area contributed by atoms with E-state index in [0.29, 0.717) is 11.2 Å². The van der Waals surface area contributed by atoms with Gasteiger partial charge in [-0.3, -0.25) is 9.89 Å². The van der Waals surface area contributed by atoms with Gasteiger partial charge in [0.15, 0.2) is 5.65 Å². The molecule has 0 aliphatic carbocycles. The van der Waals surface area contributed by atoms with Gasteiger partial charge in [-0.25, -0.2) is 4.98 Å². The largest absolute Gasteiger partial charge is 0.359 e. The van der Waals surface area contributed by atoms with E-state index in [-0.39, 0.29) is 5.91 Å². The van der Waals surface area contributed by atoms with E-state index in [9.17, 15) is 4.79 Å². The number of aromatic amines is 2. The van der Waals surface area contributed by atoms with Crippen molar-refractivity contribution in [3.63, 3.8) is 0 Å². The average molecular weight is 317 g/mol. The molecule has 6 heteroatoms. The second kappa shape index (κ2) is 5.66. The number of H-pyrrole nitrogens is 2. The van der Waals surface area contributed by atoms with Crippen LogP contribution < -0.4 is 5.32 Å². The van der Waals surface area contributed by atoms with Crippen molar-refractivity contribution in [3.8, 4) is 11.4 Å². The fourth-order valence-corrected chi connectivity index (χ4v) is 2.56. The smallest absolute Gasteiger partial charge is 0.257 e. The number of rotatable bonds is 3. The lowest BCUT2D eigenvalue weighted by Gasteiger charge is -2.03. The van der Waals surface area contributed by atoms with Gasteiger partial charge in [-0.05, 0) is 37.3 Å². The number of amides is 1. The zero-order valence-corrected chi connectivity index (χ0v) is 13.0. The summed E-state index contributed by atoms with van der Waals surface area (Å²) in [6, 6.07) is 13.3. The number of fused-ring (bicyclic) bond motifs is 1. The third-order valence-corrected chi connectivity index (χ3v) is 3.85. The van der Waals surface area contributed by atoms with Crippen LogP contribution in [-0.4, -0.2) is 26.1 Å². The first kappa shape index (κ1) is 14.2. The maximum Gasteiger partial charge on any atom is 0.257 e. The standard InChI is InChI=1S/C18H15N5O/c1-11-4-6-13(7-5-11)21-18(24)12-9-15(20-10-12)16-14-3-2-8-19-17(14)23-22-16/h2-10,20H,1H3,(H,21,24)(H,19,22,23). The summed E-state index contributed by atoms with van der Waals surface area (Å²) < 4.78 is 0. The first-order chi connectivity index (χ1) is 11.7. The van der Waals surface area contributed by atoms with Crippen molar-refractivity contribution in [2.24, 2.45) is 0 Å². The minimum absolute atomic E-state index is 0.167. The summed E-state index contributed by atoms with van der Waals surface area (Å²) in [7, 11) is 0. The summed E-state index contributed by atoms with van der Waals surface area (Å²) in [5.41, 5.74) is 4.69. The Morgan fingerprint density at radius 2 is 2.00 bits per heavy atom. The second-order valence-corrected chi connectivity index (χ2v) is 5.59. The number of carbonyl (C=O) groups excluding carboxylic acids is 1. The summed E-state index contributed by atoms with van der Waals surface area (Å²) in [6.45, 7) is 2.01. The van der Waals surface area contributed by atoms with Crippen LogP contribution in [0.5, 0.6) is 0 Å². The third kappa shape index (κ3) is 2.54.